The molecule has 5 heterocycles. The number of carbonyl (C=O) groups excluding carboxylic acids is 2. The molecule has 2 aliphatic heterocycles. The van der Waals surface area contributed by atoms with E-state index in [-0.39, 0.29) is 18.0 Å². The van der Waals surface area contributed by atoms with Gasteiger partial charge in [-0.05, 0) is 102 Å². The molecule has 9 nitrogen and oxygen atoms in total. The molecule has 2 fully saturated rings. The molecule has 2 saturated heterocycles. The molecular weight excluding hydrogens is 584 g/mol. The van der Waals surface area contributed by atoms with Crippen LogP contribution in [0.2, 0.25) is 0 Å². The van der Waals surface area contributed by atoms with Crippen molar-refractivity contribution in [3.63, 3.8) is 0 Å². The smallest absolute Gasteiger partial charge is 0.410 e. The number of amides is 2. The number of carbonyl (C=O) groups is 2. The van der Waals surface area contributed by atoms with E-state index >= 15 is 0 Å². The predicted molar refractivity (Wildman–Crippen MR) is 182 cm³/mol. The van der Waals surface area contributed by atoms with Gasteiger partial charge < -0.3 is 25.2 Å². The Hall–Kier alpha value is -3.76. The predicted octanol–water partition coefficient (Wildman–Crippen LogP) is 6.93. The average Bonchev–Trinajstić information content (AvgIpc) is 3.47. The van der Waals surface area contributed by atoms with Gasteiger partial charge in [0.05, 0.1) is 16.1 Å². The zero-order valence-electron chi connectivity index (χ0n) is 26.6. The van der Waals surface area contributed by atoms with Gasteiger partial charge >= 0.3 is 6.09 Å². The van der Waals surface area contributed by atoms with Crippen LogP contribution in [0.25, 0.3) is 32.2 Å². The van der Waals surface area contributed by atoms with Gasteiger partial charge in [0.25, 0.3) is 5.91 Å². The first-order chi connectivity index (χ1) is 21.7. The summed E-state index contributed by atoms with van der Waals surface area (Å²) in [6, 6.07) is 12.4. The van der Waals surface area contributed by atoms with Crippen molar-refractivity contribution in [2.45, 2.75) is 70.9 Å². The molecule has 3 aromatic heterocycles. The van der Waals surface area contributed by atoms with E-state index in [1.807, 2.05) is 39.1 Å². The number of nitrogens with one attached hydrogen (secondary N) is 2. The third kappa shape index (κ3) is 7.91. The number of benzene rings is 1. The van der Waals surface area contributed by atoms with E-state index in [0.29, 0.717) is 30.8 Å². The van der Waals surface area contributed by atoms with Crippen LogP contribution in [0.4, 0.5) is 10.5 Å². The van der Waals surface area contributed by atoms with E-state index in [0.717, 1.165) is 57.4 Å². The summed E-state index contributed by atoms with van der Waals surface area (Å²) < 4.78 is 6.54. The summed E-state index contributed by atoms with van der Waals surface area (Å²) in [4.78, 5) is 39.9. The van der Waals surface area contributed by atoms with Crippen LogP contribution in [-0.2, 0) is 4.74 Å². The molecule has 0 radical (unpaired) electrons. The van der Waals surface area contributed by atoms with E-state index in [4.69, 9.17) is 9.72 Å². The Morgan fingerprint density at radius 2 is 1.82 bits per heavy atom. The highest BCUT2D eigenvalue weighted by Crippen LogP contribution is 2.33. The minimum Gasteiger partial charge on any atom is -0.444 e. The fourth-order valence-electron chi connectivity index (χ4n) is 6.16. The van der Waals surface area contributed by atoms with Crippen molar-refractivity contribution in [1.29, 1.82) is 0 Å². The van der Waals surface area contributed by atoms with Crippen LogP contribution < -0.4 is 10.6 Å². The first kappa shape index (κ1) is 31.2. The molecule has 0 bridgehead atoms. The molecule has 0 aliphatic carbocycles. The Morgan fingerprint density at radius 1 is 1.02 bits per heavy atom. The van der Waals surface area contributed by atoms with E-state index in [9.17, 15) is 9.59 Å². The van der Waals surface area contributed by atoms with Crippen LogP contribution in [0.1, 0.15) is 69.0 Å². The number of nitrogens with zero attached hydrogens (tertiary/aromatic N) is 4. The first-order valence-corrected chi connectivity index (χ1v) is 17.1. The molecule has 0 unspecified atom stereocenters. The number of anilines is 1. The lowest BCUT2D eigenvalue weighted by atomic mass is 10.1. The minimum absolute atomic E-state index is 0.0269. The first-order valence-electron chi connectivity index (χ1n) is 16.3. The normalized spacial score (nSPS) is 16.6. The number of hydrogen-bond acceptors (Lipinski definition) is 8. The van der Waals surface area contributed by atoms with Gasteiger partial charge in [0.2, 0.25) is 0 Å². The molecule has 1 aromatic carbocycles. The summed E-state index contributed by atoms with van der Waals surface area (Å²) in [6.45, 7) is 11.2. The van der Waals surface area contributed by atoms with Crippen molar-refractivity contribution in [3.8, 4) is 11.3 Å². The summed E-state index contributed by atoms with van der Waals surface area (Å²) in [5, 5.41) is 8.91. The van der Waals surface area contributed by atoms with E-state index < -0.39 is 5.60 Å². The van der Waals surface area contributed by atoms with Crippen LogP contribution >= 0.6 is 11.3 Å². The van der Waals surface area contributed by atoms with E-state index in [1.165, 1.54) is 43.7 Å². The minimum atomic E-state index is -0.517. The van der Waals surface area contributed by atoms with Crippen LogP contribution in [0.15, 0.2) is 48.8 Å². The molecule has 10 heteroatoms. The van der Waals surface area contributed by atoms with Gasteiger partial charge in [0.1, 0.15) is 5.60 Å². The van der Waals surface area contributed by atoms with Gasteiger partial charge in [-0.25, -0.2) is 9.78 Å². The van der Waals surface area contributed by atoms with Gasteiger partial charge in [0.15, 0.2) is 0 Å². The molecule has 0 saturated carbocycles. The lowest BCUT2D eigenvalue weighted by Gasteiger charge is -2.33. The van der Waals surface area contributed by atoms with Gasteiger partial charge in [-0.1, -0.05) is 18.6 Å². The van der Waals surface area contributed by atoms with Crippen molar-refractivity contribution < 1.29 is 14.3 Å². The van der Waals surface area contributed by atoms with E-state index in [2.05, 4.69) is 44.8 Å². The molecule has 0 spiro atoms. The molecular formula is C35H44N6O3S. The number of piperidine rings is 2. The molecule has 0 atom stereocenters. The second-order valence-electron chi connectivity index (χ2n) is 13.2. The molecule has 2 amide bonds. The highest BCUT2D eigenvalue weighted by molar-refractivity contribution is 7.20. The SMILES string of the molecule is CC(C)(C)OC(=O)N1CCC(NC(=O)c2cc3ccc(-c4cc(NCCCN5CCCCC5)c5cnccc5n4)cc3s2)CC1. The maximum absolute atomic E-state index is 13.2. The number of ether oxygens (including phenoxy) is 1. The number of fused-ring (bicyclic) bond motifs is 2. The highest BCUT2D eigenvalue weighted by atomic mass is 32.1. The molecule has 45 heavy (non-hydrogen) atoms. The Bertz CT molecular complexity index is 1650. The van der Waals surface area contributed by atoms with Gasteiger partial charge in [-0.2, -0.15) is 0 Å². The van der Waals surface area contributed by atoms with Crippen molar-refractivity contribution in [2.24, 2.45) is 0 Å². The molecule has 2 aliphatic rings. The fraction of sp³-hybridized carbons (Fsp3) is 0.486. The number of pyridine rings is 2. The average molecular weight is 629 g/mol. The maximum atomic E-state index is 13.2. The Labute approximate surface area is 269 Å². The standard InChI is InChI=1S/C35H44N6O3S/c1-35(2,3)44-34(43)41-18-11-26(12-19-41)38-33(42)32-21-25-9-8-24(20-31(25)45-32)29-22-30(27-23-36-14-10-28(27)39-29)37-13-7-17-40-15-5-4-6-16-40/h8-10,14,20-23,26H,4-7,11-13,15-19H2,1-3H3,(H,37,39)(H,38,42). The summed E-state index contributed by atoms with van der Waals surface area (Å²) in [5.41, 5.74) is 3.35. The quantitative estimate of drug-likeness (QED) is 0.204. The van der Waals surface area contributed by atoms with Gasteiger partial charge in [-0.3, -0.25) is 9.78 Å². The topological polar surface area (TPSA) is 99.7 Å². The summed E-state index contributed by atoms with van der Waals surface area (Å²) >= 11 is 1.50. The Morgan fingerprint density at radius 3 is 2.60 bits per heavy atom. The van der Waals surface area contributed by atoms with Crippen molar-refractivity contribution in [2.75, 3.05) is 44.6 Å². The number of hydrogen-bond donors (Lipinski definition) is 2. The lowest BCUT2D eigenvalue weighted by molar-refractivity contribution is 0.0199. The highest BCUT2D eigenvalue weighted by Gasteiger charge is 2.28. The van der Waals surface area contributed by atoms with Crippen LogP contribution in [0, 0.1) is 0 Å². The molecule has 4 aromatic rings. The van der Waals surface area contributed by atoms with Crippen LogP contribution in [-0.4, -0.2) is 82.7 Å². The van der Waals surface area contributed by atoms with Crippen molar-refractivity contribution in [1.82, 2.24) is 25.1 Å². The third-order valence-corrected chi connectivity index (χ3v) is 9.64. The number of aromatic nitrogens is 2. The number of rotatable bonds is 8. The number of likely N-dealkylation sites (tertiary alicyclic amines) is 2. The van der Waals surface area contributed by atoms with Crippen LogP contribution in [0.3, 0.4) is 0 Å². The monoisotopic (exact) mass is 628 g/mol. The number of thiophene rings is 1. The second-order valence-corrected chi connectivity index (χ2v) is 14.3. The third-order valence-electron chi connectivity index (χ3n) is 8.55. The van der Waals surface area contributed by atoms with Crippen LogP contribution in [0.5, 0.6) is 0 Å². The molecule has 2 N–H and O–H groups in total. The Balaban J connectivity index is 1.11. The fourth-order valence-corrected chi connectivity index (χ4v) is 7.17. The lowest BCUT2D eigenvalue weighted by Crippen LogP contribution is -2.47. The molecule has 6 rings (SSSR count). The molecule has 238 valence electrons. The van der Waals surface area contributed by atoms with Gasteiger partial charge in [-0.15, -0.1) is 11.3 Å². The summed E-state index contributed by atoms with van der Waals surface area (Å²) in [7, 11) is 0. The van der Waals surface area contributed by atoms with E-state index in [1.54, 1.807) is 11.1 Å². The van der Waals surface area contributed by atoms with Gasteiger partial charge in [0, 0.05) is 59.4 Å². The summed E-state index contributed by atoms with van der Waals surface area (Å²) in [6.07, 6.45) is 9.87. The van der Waals surface area contributed by atoms with Crippen molar-refractivity contribution in [3.05, 3.63) is 53.7 Å². The zero-order valence-corrected chi connectivity index (χ0v) is 27.4. The van der Waals surface area contributed by atoms with Crippen molar-refractivity contribution >= 4 is 50.0 Å². The zero-order chi connectivity index (χ0) is 31.4. The maximum Gasteiger partial charge on any atom is 0.410 e. The summed E-state index contributed by atoms with van der Waals surface area (Å²) in [5.74, 6) is -0.0687. The Kier molecular flexibility index (Phi) is 9.51. The second kappa shape index (κ2) is 13.7. The largest absolute Gasteiger partial charge is 0.444 e.